The van der Waals surface area contributed by atoms with Gasteiger partial charge in [0, 0.05) is 53.9 Å². The van der Waals surface area contributed by atoms with Crippen LogP contribution >= 0.6 is 11.6 Å². The van der Waals surface area contributed by atoms with Crippen molar-refractivity contribution >= 4 is 22.5 Å². The molecule has 4 aromatic rings. The van der Waals surface area contributed by atoms with Crippen LogP contribution in [-0.2, 0) is 19.6 Å². The Bertz CT molecular complexity index is 1540. The van der Waals surface area contributed by atoms with Gasteiger partial charge in [-0.1, -0.05) is 61.3 Å². The molecule has 0 N–H and O–H groups in total. The van der Waals surface area contributed by atoms with Crippen molar-refractivity contribution in [1.82, 2.24) is 14.4 Å². The van der Waals surface area contributed by atoms with Crippen LogP contribution in [0.5, 0.6) is 5.75 Å². The molecule has 0 amide bonds. The van der Waals surface area contributed by atoms with Crippen LogP contribution in [0.1, 0.15) is 50.2 Å². The number of alkyl halides is 3. The van der Waals surface area contributed by atoms with Crippen LogP contribution in [0.15, 0.2) is 72.9 Å². The molecule has 43 heavy (non-hydrogen) atoms. The Morgan fingerprint density at radius 3 is 2.30 bits per heavy atom. The van der Waals surface area contributed by atoms with Crippen molar-refractivity contribution in [3.05, 3.63) is 89.1 Å². The standard InChI is InChI=1S/C35H39ClF3N3O/c1-2-3-17-42-24-31(27-9-11-29(12-10-27)43-35(37,38)39)30-21-26(8-13-33(30)42)22-40-18-14-34(15-19-40)16-20-41(25-34)23-28-6-4-5-7-32(28)36/h4-13,21,24H,2-3,14-20,22-23,25H2,1H3. The normalized spacial score (nSPS) is 17.7. The highest BCUT2D eigenvalue weighted by Gasteiger charge is 2.40. The predicted octanol–water partition coefficient (Wildman–Crippen LogP) is 9.15. The van der Waals surface area contributed by atoms with Gasteiger partial charge in [0.1, 0.15) is 5.75 Å². The van der Waals surface area contributed by atoms with Gasteiger partial charge in [0.2, 0.25) is 0 Å². The van der Waals surface area contributed by atoms with Crippen LogP contribution < -0.4 is 4.74 Å². The largest absolute Gasteiger partial charge is 0.573 e. The summed E-state index contributed by atoms with van der Waals surface area (Å²) in [6, 6.07) is 21.1. The van der Waals surface area contributed by atoms with Gasteiger partial charge < -0.3 is 9.30 Å². The molecule has 0 unspecified atom stereocenters. The lowest BCUT2D eigenvalue weighted by atomic mass is 9.77. The summed E-state index contributed by atoms with van der Waals surface area (Å²) in [5, 5.41) is 1.99. The van der Waals surface area contributed by atoms with E-state index in [1.54, 1.807) is 12.1 Å². The van der Waals surface area contributed by atoms with Gasteiger partial charge in [-0.15, -0.1) is 13.2 Å². The van der Waals surface area contributed by atoms with E-state index in [4.69, 9.17) is 11.6 Å². The molecule has 8 heteroatoms. The van der Waals surface area contributed by atoms with Crippen molar-refractivity contribution in [2.75, 3.05) is 26.2 Å². The lowest BCUT2D eigenvalue weighted by molar-refractivity contribution is -0.274. The Hall–Kier alpha value is -3.00. The Kier molecular flexibility index (Phi) is 8.77. The zero-order chi connectivity index (χ0) is 30.0. The van der Waals surface area contributed by atoms with Crippen molar-refractivity contribution in [3.8, 4) is 16.9 Å². The summed E-state index contributed by atoms with van der Waals surface area (Å²) in [4.78, 5) is 5.14. The van der Waals surface area contributed by atoms with E-state index in [2.05, 4.69) is 62.6 Å². The van der Waals surface area contributed by atoms with E-state index in [1.165, 1.54) is 42.5 Å². The van der Waals surface area contributed by atoms with Gasteiger partial charge in [-0.3, -0.25) is 9.80 Å². The van der Waals surface area contributed by atoms with Gasteiger partial charge in [0.05, 0.1) is 0 Å². The molecule has 0 aliphatic carbocycles. The molecule has 2 aliphatic heterocycles. The molecular formula is C35H39ClF3N3O. The molecule has 228 valence electrons. The lowest BCUT2D eigenvalue weighted by Crippen LogP contribution is -2.41. The third kappa shape index (κ3) is 7.05. The van der Waals surface area contributed by atoms with E-state index >= 15 is 0 Å². The quantitative estimate of drug-likeness (QED) is 0.189. The number of aromatic nitrogens is 1. The number of aryl methyl sites for hydroxylation is 1. The Morgan fingerprint density at radius 2 is 1.60 bits per heavy atom. The van der Waals surface area contributed by atoms with Crippen LogP contribution in [0.3, 0.4) is 0 Å². The van der Waals surface area contributed by atoms with Crippen LogP contribution in [0.25, 0.3) is 22.0 Å². The fourth-order valence-corrected chi connectivity index (χ4v) is 7.10. The molecule has 0 atom stereocenters. The highest BCUT2D eigenvalue weighted by molar-refractivity contribution is 6.31. The number of nitrogens with zero attached hydrogens (tertiary/aromatic N) is 3. The Balaban J connectivity index is 1.14. The second kappa shape index (κ2) is 12.5. The summed E-state index contributed by atoms with van der Waals surface area (Å²) in [6.45, 7) is 9.34. The highest BCUT2D eigenvalue weighted by Crippen LogP contribution is 2.42. The van der Waals surface area contributed by atoms with E-state index in [0.717, 1.165) is 85.7 Å². The first-order valence-corrected chi connectivity index (χ1v) is 15.7. The van der Waals surface area contributed by atoms with Gasteiger partial charge in [0.25, 0.3) is 0 Å². The number of likely N-dealkylation sites (tertiary alicyclic amines) is 2. The monoisotopic (exact) mass is 609 g/mol. The molecule has 3 aromatic carbocycles. The first-order valence-electron chi connectivity index (χ1n) is 15.4. The lowest BCUT2D eigenvalue weighted by Gasteiger charge is -2.39. The second-order valence-corrected chi connectivity index (χ2v) is 12.7. The molecule has 0 saturated carbocycles. The average molecular weight is 610 g/mol. The molecule has 4 nitrogen and oxygen atoms in total. The highest BCUT2D eigenvalue weighted by atomic mass is 35.5. The summed E-state index contributed by atoms with van der Waals surface area (Å²) < 4.78 is 44.4. The van der Waals surface area contributed by atoms with E-state index in [9.17, 15) is 13.2 Å². The number of piperidine rings is 1. The van der Waals surface area contributed by atoms with E-state index in [-0.39, 0.29) is 5.75 Å². The number of benzene rings is 3. The van der Waals surface area contributed by atoms with E-state index < -0.39 is 6.36 Å². The van der Waals surface area contributed by atoms with Crippen molar-refractivity contribution in [2.45, 2.75) is 65.0 Å². The van der Waals surface area contributed by atoms with Crippen LogP contribution in [0.4, 0.5) is 13.2 Å². The first-order chi connectivity index (χ1) is 20.7. The number of rotatable bonds is 9. The minimum Gasteiger partial charge on any atom is -0.406 e. The predicted molar refractivity (Wildman–Crippen MR) is 167 cm³/mol. The summed E-state index contributed by atoms with van der Waals surface area (Å²) in [7, 11) is 0. The molecule has 0 bridgehead atoms. The SMILES string of the molecule is CCCCn1cc(-c2ccc(OC(F)(F)F)cc2)c2cc(CN3CCC4(CC3)CCN(Cc3ccccc3Cl)C4)ccc21. The van der Waals surface area contributed by atoms with Gasteiger partial charge >= 0.3 is 6.36 Å². The number of halogens is 4. The molecule has 1 aromatic heterocycles. The molecule has 6 rings (SSSR count). The van der Waals surface area contributed by atoms with Gasteiger partial charge in [-0.25, -0.2) is 0 Å². The van der Waals surface area contributed by atoms with Crippen LogP contribution in [0.2, 0.25) is 5.02 Å². The summed E-state index contributed by atoms with van der Waals surface area (Å²) >= 11 is 6.43. The van der Waals surface area contributed by atoms with Gasteiger partial charge in [-0.2, -0.15) is 0 Å². The third-order valence-corrected chi connectivity index (χ3v) is 9.66. The summed E-state index contributed by atoms with van der Waals surface area (Å²) in [6.07, 6.45) is 3.26. The fourth-order valence-electron chi connectivity index (χ4n) is 6.90. The van der Waals surface area contributed by atoms with Crippen LogP contribution in [0, 0.1) is 5.41 Å². The summed E-state index contributed by atoms with van der Waals surface area (Å²) in [5.41, 5.74) is 5.95. The fraction of sp³-hybridized carbons (Fsp3) is 0.429. The van der Waals surface area contributed by atoms with Gasteiger partial charge in [-0.05, 0) is 97.8 Å². The Labute approximate surface area is 257 Å². The maximum absolute atomic E-state index is 12.7. The summed E-state index contributed by atoms with van der Waals surface area (Å²) in [5.74, 6) is -0.205. The molecule has 0 radical (unpaired) electrons. The zero-order valence-corrected chi connectivity index (χ0v) is 25.4. The van der Waals surface area contributed by atoms with Crippen molar-refractivity contribution in [2.24, 2.45) is 5.41 Å². The van der Waals surface area contributed by atoms with Crippen LogP contribution in [-0.4, -0.2) is 46.9 Å². The van der Waals surface area contributed by atoms with Crippen molar-refractivity contribution < 1.29 is 17.9 Å². The number of ether oxygens (including phenoxy) is 1. The number of fused-ring (bicyclic) bond motifs is 1. The molecule has 3 heterocycles. The molecule has 2 fully saturated rings. The van der Waals surface area contributed by atoms with E-state index in [0.29, 0.717) is 5.41 Å². The third-order valence-electron chi connectivity index (χ3n) is 9.29. The number of hydrogen-bond donors (Lipinski definition) is 0. The topological polar surface area (TPSA) is 20.6 Å². The zero-order valence-electron chi connectivity index (χ0n) is 24.7. The molecular weight excluding hydrogens is 571 g/mol. The number of hydrogen-bond acceptors (Lipinski definition) is 3. The van der Waals surface area contributed by atoms with E-state index in [1.807, 2.05) is 12.1 Å². The Morgan fingerprint density at radius 1 is 0.884 bits per heavy atom. The maximum atomic E-state index is 12.7. The molecule has 2 aliphatic rings. The molecule has 1 spiro atoms. The van der Waals surface area contributed by atoms with Gasteiger partial charge in [0.15, 0.2) is 0 Å². The average Bonchev–Trinajstić information content (AvgIpc) is 3.55. The minimum absolute atomic E-state index is 0.205. The molecule has 2 saturated heterocycles. The number of unbranched alkanes of at least 4 members (excludes halogenated alkanes) is 1. The second-order valence-electron chi connectivity index (χ2n) is 12.3. The first kappa shape index (κ1) is 30.0. The van der Waals surface area contributed by atoms with Crippen molar-refractivity contribution in [1.29, 1.82) is 0 Å². The smallest absolute Gasteiger partial charge is 0.406 e. The maximum Gasteiger partial charge on any atom is 0.573 e. The van der Waals surface area contributed by atoms with Crippen molar-refractivity contribution in [3.63, 3.8) is 0 Å². The minimum atomic E-state index is -4.70.